The van der Waals surface area contributed by atoms with Crippen molar-refractivity contribution in [3.05, 3.63) is 102 Å². The molecule has 1 aromatic heterocycles. The molecular formula is C26H23N3O3. The number of carbonyl (C=O) groups excluding carboxylic acids is 1. The summed E-state index contributed by atoms with van der Waals surface area (Å²) in [5, 5.41) is 11.4. The van der Waals surface area contributed by atoms with Crippen molar-refractivity contribution >= 4 is 5.91 Å². The molecule has 1 N–H and O–H groups in total. The zero-order chi connectivity index (χ0) is 22.3. The van der Waals surface area contributed by atoms with Crippen LogP contribution in [0.4, 0.5) is 0 Å². The molecule has 0 radical (unpaired) electrons. The van der Waals surface area contributed by atoms with Gasteiger partial charge in [-0.2, -0.15) is 0 Å². The first kappa shape index (κ1) is 21.1. The molecule has 0 saturated carbocycles. The maximum Gasteiger partial charge on any atom is 0.251 e. The Labute approximate surface area is 186 Å². The van der Waals surface area contributed by atoms with Crippen molar-refractivity contribution in [3.63, 3.8) is 0 Å². The Morgan fingerprint density at radius 2 is 1.56 bits per heavy atom. The molecule has 0 aliphatic carbocycles. The van der Waals surface area contributed by atoms with E-state index in [0.29, 0.717) is 35.2 Å². The number of ether oxygens (including phenoxy) is 2. The van der Waals surface area contributed by atoms with Crippen LogP contribution < -0.4 is 14.8 Å². The van der Waals surface area contributed by atoms with Crippen LogP contribution in [0.5, 0.6) is 17.4 Å². The Balaban J connectivity index is 1.40. The Morgan fingerprint density at radius 3 is 2.25 bits per heavy atom. The lowest BCUT2D eigenvalue weighted by molar-refractivity contribution is 0.0951. The standard InChI is InChI=1S/C26H23N3O3/c1-18-7-3-4-8-21(18)17-27-26(30)20-13-11-19(12-14-20)22-15-16-25(29-28-22)32-24-10-6-5-9-23(24)31-2/h3-16H,17H2,1-2H3,(H,27,30). The van der Waals surface area contributed by atoms with Crippen molar-refractivity contribution in [2.24, 2.45) is 0 Å². The van der Waals surface area contributed by atoms with Gasteiger partial charge < -0.3 is 14.8 Å². The molecule has 3 aromatic carbocycles. The third-order valence-corrected chi connectivity index (χ3v) is 5.07. The van der Waals surface area contributed by atoms with E-state index in [0.717, 1.165) is 16.7 Å². The summed E-state index contributed by atoms with van der Waals surface area (Å²) >= 11 is 0. The lowest BCUT2D eigenvalue weighted by Crippen LogP contribution is -2.23. The maximum absolute atomic E-state index is 12.5. The van der Waals surface area contributed by atoms with Gasteiger partial charge in [0.25, 0.3) is 5.91 Å². The van der Waals surface area contributed by atoms with E-state index in [2.05, 4.69) is 15.5 Å². The van der Waals surface area contributed by atoms with Crippen LogP contribution in [0, 0.1) is 6.92 Å². The smallest absolute Gasteiger partial charge is 0.251 e. The molecule has 0 aliphatic heterocycles. The van der Waals surface area contributed by atoms with Crippen LogP contribution in [-0.4, -0.2) is 23.2 Å². The highest BCUT2D eigenvalue weighted by molar-refractivity contribution is 5.94. The average Bonchev–Trinajstić information content (AvgIpc) is 2.84. The minimum absolute atomic E-state index is 0.119. The van der Waals surface area contributed by atoms with Crippen LogP contribution >= 0.6 is 0 Å². The molecule has 0 saturated heterocycles. The first-order valence-corrected chi connectivity index (χ1v) is 10.2. The van der Waals surface area contributed by atoms with Gasteiger partial charge in [0.1, 0.15) is 0 Å². The largest absolute Gasteiger partial charge is 0.493 e. The van der Waals surface area contributed by atoms with Crippen LogP contribution in [0.2, 0.25) is 0 Å². The molecule has 1 amide bonds. The molecule has 32 heavy (non-hydrogen) atoms. The molecule has 0 unspecified atom stereocenters. The Hall–Kier alpha value is -4.19. The summed E-state index contributed by atoms with van der Waals surface area (Å²) in [5.74, 6) is 1.43. The van der Waals surface area contributed by atoms with Crippen LogP contribution in [0.3, 0.4) is 0 Å². The van der Waals surface area contributed by atoms with E-state index < -0.39 is 0 Å². The second kappa shape index (κ2) is 9.75. The van der Waals surface area contributed by atoms with Crippen molar-refractivity contribution in [3.8, 4) is 28.6 Å². The van der Waals surface area contributed by atoms with Gasteiger partial charge in [0.05, 0.1) is 12.8 Å². The number of rotatable bonds is 7. The molecule has 0 atom stereocenters. The van der Waals surface area contributed by atoms with E-state index in [-0.39, 0.29) is 5.91 Å². The monoisotopic (exact) mass is 425 g/mol. The third-order valence-electron chi connectivity index (χ3n) is 5.07. The maximum atomic E-state index is 12.5. The number of hydrogen-bond acceptors (Lipinski definition) is 5. The summed E-state index contributed by atoms with van der Waals surface area (Å²) in [5.41, 5.74) is 4.38. The average molecular weight is 425 g/mol. The summed E-state index contributed by atoms with van der Waals surface area (Å²) in [4.78, 5) is 12.5. The number of hydrogen-bond donors (Lipinski definition) is 1. The number of amides is 1. The summed E-state index contributed by atoms with van der Waals surface area (Å²) < 4.78 is 11.0. The van der Waals surface area contributed by atoms with Gasteiger partial charge in [0, 0.05) is 23.7 Å². The van der Waals surface area contributed by atoms with Gasteiger partial charge in [-0.1, -0.05) is 48.5 Å². The lowest BCUT2D eigenvalue weighted by atomic mass is 10.1. The SMILES string of the molecule is COc1ccccc1Oc1ccc(-c2ccc(C(=O)NCc3ccccc3C)cc2)nn1. The topological polar surface area (TPSA) is 73.3 Å². The van der Waals surface area contributed by atoms with Crippen molar-refractivity contribution in [2.75, 3.05) is 7.11 Å². The number of nitrogens with one attached hydrogen (secondary N) is 1. The fourth-order valence-corrected chi connectivity index (χ4v) is 3.22. The highest BCUT2D eigenvalue weighted by atomic mass is 16.5. The molecule has 160 valence electrons. The summed E-state index contributed by atoms with van der Waals surface area (Å²) in [7, 11) is 1.59. The molecule has 1 heterocycles. The van der Waals surface area contributed by atoms with E-state index in [1.807, 2.05) is 67.6 Å². The molecule has 0 bridgehead atoms. The van der Waals surface area contributed by atoms with Crippen LogP contribution in [0.25, 0.3) is 11.3 Å². The molecule has 6 nitrogen and oxygen atoms in total. The second-order valence-electron chi connectivity index (χ2n) is 7.20. The predicted octanol–water partition coefficient (Wildman–Crippen LogP) is 5.18. The van der Waals surface area contributed by atoms with Crippen molar-refractivity contribution < 1.29 is 14.3 Å². The first-order valence-electron chi connectivity index (χ1n) is 10.2. The van der Waals surface area contributed by atoms with E-state index in [1.54, 1.807) is 31.4 Å². The highest BCUT2D eigenvalue weighted by Gasteiger charge is 2.09. The van der Waals surface area contributed by atoms with Crippen molar-refractivity contribution in [2.45, 2.75) is 13.5 Å². The number of aromatic nitrogens is 2. The quantitative estimate of drug-likeness (QED) is 0.441. The van der Waals surface area contributed by atoms with Gasteiger partial charge in [-0.05, 0) is 48.4 Å². The number of nitrogens with zero attached hydrogens (tertiary/aromatic N) is 2. The Bertz CT molecular complexity index is 1210. The van der Waals surface area contributed by atoms with Crippen molar-refractivity contribution in [1.29, 1.82) is 0 Å². The van der Waals surface area contributed by atoms with E-state index in [1.165, 1.54) is 0 Å². The lowest BCUT2D eigenvalue weighted by Gasteiger charge is -2.09. The fourth-order valence-electron chi connectivity index (χ4n) is 3.22. The zero-order valence-electron chi connectivity index (χ0n) is 17.9. The van der Waals surface area contributed by atoms with Gasteiger partial charge in [-0.15, -0.1) is 10.2 Å². The highest BCUT2D eigenvalue weighted by Crippen LogP contribution is 2.30. The first-order chi connectivity index (χ1) is 15.6. The molecule has 4 aromatic rings. The van der Waals surface area contributed by atoms with Gasteiger partial charge in [0.15, 0.2) is 11.5 Å². The molecule has 0 aliphatic rings. The minimum Gasteiger partial charge on any atom is -0.493 e. The fraction of sp³-hybridized carbons (Fsp3) is 0.115. The van der Waals surface area contributed by atoms with E-state index in [4.69, 9.17) is 9.47 Å². The summed E-state index contributed by atoms with van der Waals surface area (Å²) in [6, 6.07) is 26.2. The van der Waals surface area contributed by atoms with Crippen molar-refractivity contribution in [1.82, 2.24) is 15.5 Å². The van der Waals surface area contributed by atoms with Gasteiger partial charge in [-0.25, -0.2) is 0 Å². The Kier molecular flexibility index (Phi) is 6.41. The number of aryl methyl sites for hydroxylation is 1. The minimum atomic E-state index is -0.119. The predicted molar refractivity (Wildman–Crippen MR) is 123 cm³/mol. The second-order valence-corrected chi connectivity index (χ2v) is 7.20. The summed E-state index contributed by atoms with van der Waals surface area (Å²) in [6.45, 7) is 2.52. The van der Waals surface area contributed by atoms with E-state index >= 15 is 0 Å². The van der Waals surface area contributed by atoms with Gasteiger partial charge in [-0.3, -0.25) is 4.79 Å². The third kappa shape index (κ3) is 4.92. The number of benzene rings is 3. The van der Waals surface area contributed by atoms with Crippen LogP contribution in [0.1, 0.15) is 21.5 Å². The normalized spacial score (nSPS) is 10.4. The number of para-hydroxylation sites is 2. The van der Waals surface area contributed by atoms with Crippen LogP contribution in [0.15, 0.2) is 84.9 Å². The summed E-state index contributed by atoms with van der Waals surface area (Å²) in [6.07, 6.45) is 0. The van der Waals surface area contributed by atoms with Gasteiger partial charge in [0.2, 0.25) is 5.88 Å². The van der Waals surface area contributed by atoms with E-state index in [9.17, 15) is 4.79 Å². The zero-order valence-corrected chi connectivity index (χ0v) is 17.9. The molecule has 0 fully saturated rings. The molecule has 6 heteroatoms. The Morgan fingerprint density at radius 1 is 0.844 bits per heavy atom. The molecular weight excluding hydrogens is 402 g/mol. The molecule has 4 rings (SSSR count). The number of methoxy groups -OCH3 is 1. The molecule has 0 spiro atoms. The van der Waals surface area contributed by atoms with Crippen LogP contribution in [-0.2, 0) is 6.54 Å². The van der Waals surface area contributed by atoms with Gasteiger partial charge >= 0.3 is 0 Å². The number of carbonyl (C=O) groups is 1.